The summed E-state index contributed by atoms with van der Waals surface area (Å²) in [6.45, 7) is 8.35. The molecule has 6 heteroatoms. The van der Waals surface area contributed by atoms with Crippen molar-refractivity contribution in [3.05, 3.63) is 18.0 Å². The van der Waals surface area contributed by atoms with Gasteiger partial charge in [-0.25, -0.2) is 0 Å². The highest BCUT2D eigenvalue weighted by Gasteiger charge is 2.46. The number of nitrogens with zero attached hydrogens (tertiary/aromatic N) is 4. The Labute approximate surface area is 156 Å². The highest BCUT2D eigenvalue weighted by Crippen LogP contribution is 2.37. The zero-order valence-electron chi connectivity index (χ0n) is 16.1. The first-order valence-electron chi connectivity index (χ1n) is 10.2. The molecule has 26 heavy (non-hydrogen) atoms. The van der Waals surface area contributed by atoms with Crippen LogP contribution in [-0.4, -0.2) is 62.4 Å². The van der Waals surface area contributed by atoms with E-state index in [0.717, 1.165) is 51.9 Å². The predicted molar refractivity (Wildman–Crippen MR) is 99.5 cm³/mol. The Balaban J connectivity index is 1.38. The molecule has 0 spiro atoms. The van der Waals surface area contributed by atoms with Gasteiger partial charge in [0.25, 0.3) is 0 Å². The van der Waals surface area contributed by atoms with Crippen LogP contribution < -0.4 is 0 Å². The Morgan fingerprint density at radius 3 is 2.73 bits per heavy atom. The summed E-state index contributed by atoms with van der Waals surface area (Å²) in [5.74, 6) is 0.741. The van der Waals surface area contributed by atoms with E-state index in [0.29, 0.717) is 18.5 Å². The Morgan fingerprint density at radius 1 is 1.31 bits per heavy atom. The first kappa shape index (κ1) is 18.0. The van der Waals surface area contributed by atoms with Crippen molar-refractivity contribution in [3.63, 3.8) is 0 Å². The van der Waals surface area contributed by atoms with Crippen LogP contribution in [0.1, 0.15) is 57.6 Å². The Morgan fingerprint density at radius 2 is 2.08 bits per heavy atom. The van der Waals surface area contributed by atoms with Gasteiger partial charge in [0.1, 0.15) is 0 Å². The molecule has 1 aromatic rings. The SMILES string of the molecule is CC(C)n1cc(CN2CC[C@]3(O)CCN(C(=O)C4CCC4)C[C@@H]3C2)cn1. The van der Waals surface area contributed by atoms with Crippen LogP contribution in [0.5, 0.6) is 0 Å². The lowest BCUT2D eigenvalue weighted by molar-refractivity contribution is -0.153. The van der Waals surface area contributed by atoms with Gasteiger partial charge >= 0.3 is 0 Å². The molecule has 1 amide bonds. The summed E-state index contributed by atoms with van der Waals surface area (Å²) in [6, 6.07) is 0.375. The lowest BCUT2D eigenvalue weighted by Gasteiger charge is -2.51. The number of hydrogen-bond acceptors (Lipinski definition) is 4. The van der Waals surface area contributed by atoms with E-state index in [9.17, 15) is 9.90 Å². The zero-order chi connectivity index (χ0) is 18.3. The third-order valence-electron chi connectivity index (χ3n) is 6.71. The Bertz CT molecular complexity index is 654. The fourth-order valence-corrected chi connectivity index (χ4v) is 4.63. The topological polar surface area (TPSA) is 61.6 Å². The van der Waals surface area contributed by atoms with Crippen LogP contribution in [0.25, 0.3) is 0 Å². The van der Waals surface area contributed by atoms with Gasteiger partial charge < -0.3 is 10.0 Å². The maximum atomic E-state index is 12.6. The summed E-state index contributed by atoms with van der Waals surface area (Å²) in [6.07, 6.45) is 8.91. The third kappa shape index (κ3) is 3.41. The van der Waals surface area contributed by atoms with E-state index in [-0.39, 0.29) is 11.8 Å². The molecule has 0 unspecified atom stereocenters. The van der Waals surface area contributed by atoms with Crippen molar-refractivity contribution in [2.75, 3.05) is 26.2 Å². The quantitative estimate of drug-likeness (QED) is 0.893. The van der Waals surface area contributed by atoms with Crippen molar-refractivity contribution in [2.45, 2.75) is 64.1 Å². The number of piperidine rings is 2. The molecular weight excluding hydrogens is 328 g/mol. The molecule has 3 fully saturated rings. The summed E-state index contributed by atoms with van der Waals surface area (Å²) in [4.78, 5) is 17.1. The van der Waals surface area contributed by atoms with E-state index in [1.54, 1.807) is 0 Å². The number of aromatic nitrogens is 2. The lowest BCUT2D eigenvalue weighted by Crippen LogP contribution is -2.61. The van der Waals surface area contributed by atoms with Crippen molar-refractivity contribution in [1.82, 2.24) is 19.6 Å². The van der Waals surface area contributed by atoms with Gasteiger partial charge in [-0.15, -0.1) is 0 Å². The maximum Gasteiger partial charge on any atom is 0.225 e. The summed E-state index contributed by atoms with van der Waals surface area (Å²) >= 11 is 0. The highest BCUT2D eigenvalue weighted by atomic mass is 16.3. The number of hydrogen-bond donors (Lipinski definition) is 1. The molecule has 2 aliphatic heterocycles. The van der Waals surface area contributed by atoms with Gasteiger partial charge in [-0.05, 0) is 39.5 Å². The minimum Gasteiger partial charge on any atom is -0.389 e. The molecule has 1 aromatic heterocycles. The molecule has 3 aliphatic rings. The number of aliphatic hydroxyl groups is 1. The van der Waals surface area contributed by atoms with E-state index < -0.39 is 5.60 Å². The minimum atomic E-state index is -0.588. The van der Waals surface area contributed by atoms with Crippen molar-refractivity contribution in [2.24, 2.45) is 11.8 Å². The summed E-state index contributed by atoms with van der Waals surface area (Å²) in [7, 11) is 0. The number of fused-ring (bicyclic) bond motifs is 1. The molecule has 0 bridgehead atoms. The average molecular weight is 361 g/mol. The van der Waals surface area contributed by atoms with E-state index >= 15 is 0 Å². The fraction of sp³-hybridized carbons (Fsp3) is 0.800. The van der Waals surface area contributed by atoms with E-state index in [2.05, 4.69) is 30.0 Å². The predicted octanol–water partition coefficient (Wildman–Crippen LogP) is 2.05. The average Bonchev–Trinajstić information content (AvgIpc) is 3.02. The second-order valence-corrected chi connectivity index (χ2v) is 8.87. The van der Waals surface area contributed by atoms with Gasteiger partial charge in [-0.2, -0.15) is 5.10 Å². The molecule has 1 saturated carbocycles. The molecule has 0 radical (unpaired) electrons. The van der Waals surface area contributed by atoms with Crippen LogP contribution in [-0.2, 0) is 11.3 Å². The number of rotatable bonds is 4. The largest absolute Gasteiger partial charge is 0.389 e. The molecule has 2 saturated heterocycles. The standard InChI is InChI=1S/C20H32N4O2/c1-15(2)24-12-16(10-21-24)11-22-8-6-20(26)7-9-23(14-18(20)13-22)19(25)17-4-3-5-17/h10,12,15,17-18,26H,3-9,11,13-14H2,1-2H3/t18-,20-/m0/s1. The van der Waals surface area contributed by atoms with Crippen LogP contribution in [0.4, 0.5) is 0 Å². The van der Waals surface area contributed by atoms with E-state index in [4.69, 9.17) is 0 Å². The summed E-state index contributed by atoms with van der Waals surface area (Å²) in [5.41, 5.74) is 0.636. The van der Waals surface area contributed by atoms with Crippen LogP contribution in [0.3, 0.4) is 0 Å². The second kappa shape index (κ2) is 6.97. The first-order valence-corrected chi connectivity index (χ1v) is 10.2. The maximum absolute atomic E-state index is 12.6. The molecule has 1 aliphatic carbocycles. The highest BCUT2D eigenvalue weighted by molar-refractivity contribution is 5.79. The van der Waals surface area contributed by atoms with Gasteiger partial charge in [0.2, 0.25) is 5.91 Å². The fourth-order valence-electron chi connectivity index (χ4n) is 4.63. The normalized spacial score (nSPS) is 30.3. The third-order valence-corrected chi connectivity index (χ3v) is 6.71. The summed E-state index contributed by atoms with van der Waals surface area (Å²) in [5, 5.41) is 15.5. The lowest BCUT2D eigenvalue weighted by atomic mass is 9.75. The Kier molecular flexibility index (Phi) is 4.82. The molecule has 2 atom stereocenters. The van der Waals surface area contributed by atoms with Crippen LogP contribution >= 0.6 is 0 Å². The van der Waals surface area contributed by atoms with Crippen molar-refractivity contribution in [1.29, 1.82) is 0 Å². The summed E-state index contributed by atoms with van der Waals surface area (Å²) < 4.78 is 2.00. The monoisotopic (exact) mass is 360 g/mol. The number of carbonyl (C=O) groups excluding carboxylic acids is 1. The molecule has 144 valence electrons. The number of carbonyl (C=O) groups is 1. The molecule has 4 rings (SSSR count). The molecular formula is C20H32N4O2. The van der Waals surface area contributed by atoms with Gasteiger partial charge in [0.05, 0.1) is 11.8 Å². The molecule has 1 N–H and O–H groups in total. The van der Waals surface area contributed by atoms with Crippen molar-refractivity contribution < 1.29 is 9.90 Å². The first-order chi connectivity index (χ1) is 12.4. The zero-order valence-corrected chi connectivity index (χ0v) is 16.1. The van der Waals surface area contributed by atoms with Gasteiger partial charge in [-0.3, -0.25) is 14.4 Å². The molecule has 0 aromatic carbocycles. The van der Waals surface area contributed by atoms with Gasteiger partial charge in [-0.1, -0.05) is 6.42 Å². The van der Waals surface area contributed by atoms with Crippen LogP contribution in [0.15, 0.2) is 12.4 Å². The number of amides is 1. The van der Waals surface area contributed by atoms with Crippen molar-refractivity contribution in [3.8, 4) is 0 Å². The van der Waals surface area contributed by atoms with Gasteiger partial charge in [0, 0.05) is 62.4 Å². The van der Waals surface area contributed by atoms with Crippen LogP contribution in [0, 0.1) is 11.8 Å². The van der Waals surface area contributed by atoms with Gasteiger partial charge in [0.15, 0.2) is 0 Å². The van der Waals surface area contributed by atoms with Crippen LogP contribution in [0.2, 0.25) is 0 Å². The molecule has 6 nitrogen and oxygen atoms in total. The minimum absolute atomic E-state index is 0.161. The van der Waals surface area contributed by atoms with E-state index in [1.165, 1.54) is 12.0 Å². The smallest absolute Gasteiger partial charge is 0.225 e. The molecule has 3 heterocycles. The van der Waals surface area contributed by atoms with Crippen molar-refractivity contribution >= 4 is 5.91 Å². The van der Waals surface area contributed by atoms with E-state index in [1.807, 2.05) is 15.8 Å². The Hall–Kier alpha value is -1.40. The number of likely N-dealkylation sites (tertiary alicyclic amines) is 2. The second-order valence-electron chi connectivity index (χ2n) is 8.87.